The van der Waals surface area contributed by atoms with E-state index in [4.69, 9.17) is 26.3 Å². The van der Waals surface area contributed by atoms with Gasteiger partial charge in [-0.2, -0.15) is 5.26 Å². The van der Waals surface area contributed by atoms with Crippen LogP contribution in [0.1, 0.15) is 87.6 Å². The third kappa shape index (κ3) is 11.8. The van der Waals surface area contributed by atoms with Crippen molar-refractivity contribution >= 4 is 52.4 Å². The number of likely N-dealkylation sites (tertiary alicyclic amines) is 1. The Morgan fingerprint density at radius 3 is 2.37 bits per heavy atom. The number of rotatable bonds is 16. The second kappa shape index (κ2) is 21.3. The molecular formula is C50H62ClN9O7S. The molecule has 68 heavy (non-hydrogen) atoms. The number of nitriles is 1. The molecule has 1 aliphatic carbocycles. The van der Waals surface area contributed by atoms with Crippen molar-refractivity contribution in [1.82, 2.24) is 35.7 Å². The van der Waals surface area contributed by atoms with Crippen molar-refractivity contribution in [3.63, 3.8) is 0 Å². The summed E-state index contributed by atoms with van der Waals surface area (Å²) in [7, 11) is 0. The third-order valence-electron chi connectivity index (χ3n) is 13.4. The first kappa shape index (κ1) is 50.2. The molecule has 0 spiro atoms. The lowest BCUT2D eigenvalue weighted by molar-refractivity contribution is -0.144. The van der Waals surface area contributed by atoms with Gasteiger partial charge in [0.25, 0.3) is 5.91 Å². The Labute approximate surface area is 407 Å². The quantitative estimate of drug-likeness (QED) is 0.103. The fraction of sp³-hybridized carbons (Fsp3) is 0.500. The number of aliphatic hydroxyl groups is 1. The topological polar surface area (TPSA) is 202 Å². The first-order valence-electron chi connectivity index (χ1n) is 23.1. The third-order valence-corrected chi connectivity index (χ3v) is 14.7. The smallest absolute Gasteiger partial charge is 0.253 e. The maximum absolute atomic E-state index is 14.1. The minimum atomic E-state index is -0.963. The van der Waals surface area contributed by atoms with Crippen LogP contribution < -0.4 is 25.6 Å². The number of carbonyl (C=O) groups excluding carboxylic acids is 4. The van der Waals surface area contributed by atoms with Crippen LogP contribution in [-0.4, -0.2) is 131 Å². The summed E-state index contributed by atoms with van der Waals surface area (Å²) in [4.78, 5) is 70.1. The second-order valence-electron chi connectivity index (χ2n) is 19.6. The highest BCUT2D eigenvalue weighted by Gasteiger charge is 2.51. The van der Waals surface area contributed by atoms with Crippen LogP contribution in [-0.2, 0) is 19.1 Å². The number of anilines is 1. The molecular weight excluding hydrogens is 906 g/mol. The molecule has 3 fully saturated rings. The summed E-state index contributed by atoms with van der Waals surface area (Å²) >= 11 is 7.76. The van der Waals surface area contributed by atoms with Gasteiger partial charge >= 0.3 is 0 Å². The van der Waals surface area contributed by atoms with Crippen molar-refractivity contribution in [2.24, 2.45) is 10.8 Å². The maximum atomic E-state index is 14.1. The van der Waals surface area contributed by atoms with Crippen molar-refractivity contribution in [3.05, 3.63) is 93.7 Å². The predicted octanol–water partition coefficient (Wildman–Crippen LogP) is 5.52. The van der Waals surface area contributed by atoms with Crippen LogP contribution in [0.15, 0.2) is 66.3 Å². The number of hydrogen-bond acceptors (Lipinski definition) is 13. The van der Waals surface area contributed by atoms with Gasteiger partial charge in [0.15, 0.2) is 0 Å². The second-order valence-corrected chi connectivity index (χ2v) is 20.9. The van der Waals surface area contributed by atoms with Gasteiger partial charge in [-0.3, -0.25) is 24.1 Å². The molecule has 3 aliphatic rings. The van der Waals surface area contributed by atoms with Gasteiger partial charge < -0.3 is 40.3 Å². The number of aryl methyl sites for hydroxylation is 1. The number of carbonyl (C=O) groups is 4. The van der Waals surface area contributed by atoms with Gasteiger partial charge in [-0.25, -0.2) is 9.97 Å². The van der Waals surface area contributed by atoms with E-state index in [0.717, 1.165) is 53.7 Å². The van der Waals surface area contributed by atoms with Crippen LogP contribution in [0, 0.1) is 29.1 Å². The van der Waals surface area contributed by atoms with Crippen LogP contribution >= 0.6 is 22.9 Å². The molecule has 2 aliphatic heterocycles. The highest BCUT2D eigenvalue weighted by atomic mass is 35.5. The van der Waals surface area contributed by atoms with E-state index in [1.807, 2.05) is 90.4 Å². The van der Waals surface area contributed by atoms with Crippen molar-refractivity contribution in [3.8, 4) is 22.3 Å². The fourth-order valence-corrected chi connectivity index (χ4v) is 9.91. The molecule has 6 atom stereocenters. The summed E-state index contributed by atoms with van der Waals surface area (Å²) in [5, 5.41) is 29.2. The highest BCUT2D eigenvalue weighted by molar-refractivity contribution is 7.13. The zero-order valence-electron chi connectivity index (χ0n) is 39.8. The molecule has 4 N–H and O–H groups in total. The summed E-state index contributed by atoms with van der Waals surface area (Å²) < 4.78 is 11.9. The van der Waals surface area contributed by atoms with E-state index in [0.29, 0.717) is 41.5 Å². The summed E-state index contributed by atoms with van der Waals surface area (Å²) in [5.41, 5.74) is 4.55. The molecule has 2 aromatic heterocycles. The molecule has 18 heteroatoms. The van der Waals surface area contributed by atoms with Gasteiger partial charge in [0.1, 0.15) is 42.4 Å². The molecule has 7 rings (SSSR count). The molecule has 4 aromatic rings. The number of halogens is 1. The fourth-order valence-electron chi connectivity index (χ4n) is 8.88. The van der Waals surface area contributed by atoms with Gasteiger partial charge in [-0.05, 0) is 54.7 Å². The molecule has 2 saturated heterocycles. The van der Waals surface area contributed by atoms with E-state index < -0.39 is 35.4 Å². The summed E-state index contributed by atoms with van der Waals surface area (Å²) in [6.07, 6.45) is 1.31. The summed E-state index contributed by atoms with van der Waals surface area (Å²) in [6.45, 7) is 17.1. The number of nitrogens with one attached hydrogen (secondary N) is 3. The average Bonchev–Trinajstić information content (AvgIpc) is 3.94. The minimum Gasteiger partial charge on any atom is -0.490 e. The number of β-amino-alcohol motifs (C(OH)–C–C–N with tert-alkyl or cyclic N) is 1. The lowest BCUT2D eigenvalue weighted by Gasteiger charge is -2.51. The van der Waals surface area contributed by atoms with Crippen molar-refractivity contribution in [1.29, 1.82) is 5.26 Å². The van der Waals surface area contributed by atoms with E-state index in [2.05, 4.69) is 35.7 Å². The van der Waals surface area contributed by atoms with Gasteiger partial charge in [0.05, 0.1) is 51.0 Å². The predicted molar refractivity (Wildman–Crippen MR) is 260 cm³/mol. The zero-order chi connectivity index (χ0) is 48.9. The number of benzene rings is 2. The Balaban J connectivity index is 0.817. The van der Waals surface area contributed by atoms with Crippen LogP contribution in [0.5, 0.6) is 5.75 Å². The summed E-state index contributed by atoms with van der Waals surface area (Å²) in [6, 6.07) is 16.3. The Morgan fingerprint density at radius 1 is 1.01 bits per heavy atom. The van der Waals surface area contributed by atoms with E-state index in [1.165, 1.54) is 4.90 Å². The van der Waals surface area contributed by atoms with E-state index >= 15 is 0 Å². The molecule has 16 nitrogen and oxygen atoms in total. The number of pyridine rings is 1. The van der Waals surface area contributed by atoms with Gasteiger partial charge in [0, 0.05) is 75.8 Å². The standard InChI is InChI=1S/C50H62ClN9O7S/c1-30(32-8-10-33(11-9-32)44-31(2)54-29-68-44)55-47(64)39-22-36(61)27-60(39)48(65)45(49(3,4)5)57-43(62)28-66-21-20-58-16-18-59(19-17-58)42-15-13-35(26-53-42)46(63)56-40-24-41(50(40,6)7)67-37-14-12-34(25-52)38(51)23-37/h8-15,23,26,29-30,36,39-41,45,61H,16-22,24,27-28H2,1-7H3,(H,55,64)(H,56,63)(H,57,62)/t30?,36-,39+,40+,41?,45?/m1/s1. The Hall–Kier alpha value is -5.64. The SMILES string of the molecule is Cc1ncsc1-c1ccc(C(C)NC(=O)[C@@H]2C[C@@H](O)CN2C(=O)C(NC(=O)COCCN2CCN(c3ccc(C(=O)N[C@H]4CC(Oc5ccc(C#N)c(Cl)c5)C4(C)C)cn3)CC2)C(C)(C)C)cc1. The first-order valence-corrected chi connectivity index (χ1v) is 24.3. The summed E-state index contributed by atoms with van der Waals surface area (Å²) in [5.74, 6) is -0.0863. The molecule has 1 saturated carbocycles. The van der Waals surface area contributed by atoms with E-state index in [-0.39, 0.29) is 55.0 Å². The maximum Gasteiger partial charge on any atom is 0.253 e. The van der Waals surface area contributed by atoms with Gasteiger partial charge in [-0.1, -0.05) is 70.5 Å². The Bertz CT molecular complexity index is 2480. The highest BCUT2D eigenvalue weighted by Crippen LogP contribution is 2.43. The largest absolute Gasteiger partial charge is 0.490 e. The molecule has 4 heterocycles. The molecule has 0 bridgehead atoms. The number of aromatic nitrogens is 2. The molecule has 4 amide bonds. The number of ether oxygens (including phenoxy) is 2. The number of aliphatic hydroxyl groups excluding tert-OH is 1. The van der Waals surface area contributed by atoms with Crippen LogP contribution in [0.25, 0.3) is 10.4 Å². The van der Waals surface area contributed by atoms with Gasteiger partial charge in [-0.15, -0.1) is 11.3 Å². The number of amides is 4. The van der Waals surface area contributed by atoms with E-state index in [1.54, 1.807) is 41.8 Å². The molecule has 3 unspecified atom stereocenters. The van der Waals surface area contributed by atoms with Crippen molar-refractivity contribution < 1.29 is 33.8 Å². The lowest BCUT2D eigenvalue weighted by atomic mass is 9.64. The number of piperazine rings is 1. The first-order chi connectivity index (χ1) is 32.3. The zero-order valence-corrected chi connectivity index (χ0v) is 41.3. The number of nitrogens with zero attached hydrogens (tertiary/aromatic N) is 6. The minimum absolute atomic E-state index is 0.0176. The molecule has 0 radical (unpaired) electrons. The lowest BCUT2D eigenvalue weighted by Crippen LogP contribution is -2.63. The monoisotopic (exact) mass is 967 g/mol. The van der Waals surface area contributed by atoms with Crippen molar-refractivity contribution in [2.75, 3.05) is 57.4 Å². The Morgan fingerprint density at radius 2 is 1.75 bits per heavy atom. The van der Waals surface area contributed by atoms with E-state index in [9.17, 15) is 24.3 Å². The molecule has 2 aromatic carbocycles. The average molecular weight is 969 g/mol. The molecule has 362 valence electrons. The number of hydrogen-bond donors (Lipinski definition) is 4. The number of thiazole rings is 1. The van der Waals surface area contributed by atoms with Gasteiger partial charge in [0.2, 0.25) is 17.7 Å². The normalized spacial score (nSPS) is 21.2. The van der Waals surface area contributed by atoms with Crippen LogP contribution in [0.3, 0.4) is 0 Å². The van der Waals surface area contributed by atoms with Crippen LogP contribution in [0.2, 0.25) is 5.02 Å². The Kier molecular flexibility index (Phi) is 15.8. The van der Waals surface area contributed by atoms with Crippen LogP contribution in [0.4, 0.5) is 5.82 Å². The van der Waals surface area contributed by atoms with Crippen molar-refractivity contribution in [2.45, 2.75) is 97.7 Å².